The number of alkyl halides is 1. The van der Waals surface area contributed by atoms with Crippen LogP contribution in [0.3, 0.4) is 0 Å². The van der Waals surface area contributed by atoms with Gasteiger partial charge in [-0.05, 0) is 19.1 Å². The summed E-state index contributed by atoms with van der Waals surface area (Å²) in [5.41, 5.74) is 1.35. The van der Waals surface area contributed by atoms with Crippen molar-refractivity contribution in [3.63, 3.8) is 0 Å². The van der Waals surface area contributed by atoms with Gasteiger partial charge >= 0.3 is 0 Å². The highest BCUT2D eigenvalue weighted by Crippen LogP contribution is 2.25. The largest absolute Gasteiger partial charge is 0.343 e. The Labute approximate surface area is 113 Å². The third kappa shape index (κ3) is 2.19. The summed E-state index contributed by atoms with van der Waals surface area (Å²) in [7, 11) is 0. The van der Waals surface area contributed by atoms with Crippen molar-refractivity contribution < 1.29 is 8.91 Å². The Morgan fingerprint density at radius 2 is 2.32 bits per heavy atom. The topological polar surface area (TPSA) is 56.7 Å². The zero-order valence-electron chi connectivity index (χ0n) is 10.0. The van der Waals surface area contributed by atoms with E-state index in [-0.39, 0.29) is 11.2 Å². The maximum atomic E-state index is 13.2. The van der Waals surface area contributed by atoms with Gasteiger partial charge < -0.3 is 9.09 Å². The number of imidazole rings is 1. The number of fused-ring (bicyclic) bond motifs is 1. The van der Waals surface area contributed by atoms with Crippen molar-refractivity contribution in [1.29, 1.82) is 0 Å². The quantitative estimate of drug-likeness (QED) is 0.692. The highest BCUT2D eigenvalue weighted by Gasteiger charge is 2.16. The summed E-state index contributed by atoms with van der Waals surface area (Å²) in [6.45, 7) is 2.19. The van der Waals surface area contributed by atoms with Crippen molar-refractivity contribution in [3.05, 3.63) is 42.1 Å². The molecule has 2 heterocycles. The van der Waals surface area contributed by atoms with E-state index in [0.717, 1.165) is 5.52 Å². The number of hydrogen-bond donors (Lipinski definition) is 0. The van der Waals surface area contributed by atoms with Crippen LogP contribution in [0.2, 0.25) is 0 Å². The maximum absolute atomic E-state index is 13.2. The fourth-order valence-electron chi connectivity index (χ4n) is 1.99. The summed E-state index contributed by atoms with van der Waals surface area (Å²) in [6, 6.07) is 4.44. The summed E-state index contributed by atoms with van der Waals surface area (Å²) in [5.74, 6) is 0.833. The lowest BCUT2D eigenvalue weighted by Crippen LogP contribution is -2.06. The molecule has 3 rings (SSSR count). The zero-order valence-corrected chi connectivity index (χ0v) is 10.8. The molecule has 2 aromatic heterocycles. The van der Waals surface area contributed by atoms with Crippen LogP contribution in [-0.2, 0) is 6.54 Å². The van der Waals surface area contributed by atoms with E-state index in [1.807, 2.05) is 11.5 Å². The molecular weight excluding hydrogens is 271 g/mol. The molecule has 1 atom stereocenters. The Balaban J connectivity index is 2.16. The molecule has 0 fully saturated rings. The lowest BCUT2D eigenvalue weighted by atomic mass is 10.3. The van der Waals surface area contributed by atoms with Gasteiger partial charge in [0, 0.05) is 6.07 Å². The van der Waals surface area contributed by atoms with Crippen molar-refractivity contribution >= 4 is 22.6 Å². The van der Waals surface area contributed by atoms with Crippen LogP contribution in [0.15, 0.2) is 29.1 Å². The Kier molecular flexibility index (Phi) is 2.94. The van der Waals surface area contributed by atoms with Crippen molar-refractivity contribution in [2.75, 3.05) is 0 Å². The fourth-order valence-corrected chi connectivity index (χ4v) is 2.16. The smallest absolute Gasteiger partial charge is 0.213 e. The monoisotopic (exact) mass is 280 g/mol. The molecule has 0 aliphatic heterocycles. The third-order valence-corrected chi connectivity index (χ3v) is 3.00. The van der Waals surface area contributed by atoms with Crippen LogP contribution in [0.25, 0.3) is 11.0 Å². The molecule has 7 heteroatoms. The average molecular weight is 281 g/mol. The van der Waals surface area contributed by atoms with Gasteiger partial charge in [0.05, 0.1) is 23.0 Å². The van der Waals surface area contributed by atoms with E-state index in [1.165, 1.54) is 18.5 Å². The minimum Gasteiger partial charge on any atom is -0.343 e. The summed E-state index contributed by atoms with van der Waals surface area (Å²) in [6.07, 6.45) is 1.26. The molecule has 0 aliphatic carbocycles. The number of aromatic nitrogens is 4. The number of benzene rings is 1. The van der Waals surface area contributed by atoms with Gasteiger partial charge in [-0.25, -0.2) is 9.37 Å². The van der Waals surface area contributed by atoms with Gasteiger partial charge in [0.25, 0.3) is 0 Å². The van der Waals surface area contributed by atoms with Crippen molar-refractivity contribution in [1.82, 2.24) is 19.7 Å². The maximum Gasteiger partial charge on any atom is 0.213 e. The Hall–Kier alpha value is -1.95. The first kappa shape index (κ1) is 12.1. The Bertz CT molecular complexity index is 708. The zero-order chi connectivity index (χ0) is 13.4. The lowest BCUT2D eigenvalue weighted by Gasteiger charge is -2.07. The molecule has 0 spiro atoms. The molecule has 0 aliphatic rings. The van der Waals surface area contributed by atoms with Crippen LogP contribution < -0.4 is 0 Å². The third-order valence-electron chi connectivity index (χ3n) is 2.80. The number of halogens is 2. The van der Waals surface area contributed by atoms with Crippen LogP contribution in [0.5, 0.6) is 0 Å². The van der Waals surface area contributed by atoms with E-state index in [0.29, 0.717) is 23.7 Å². The van der Waals surface area contributed by atoms with E-state index < -0.39 is 0 Å². The van der Waals surface area contributed by atoms with Gasteiger partial charge in [-0.2, -0.15) is 4.98 Å². The van der Waals surface area contributed by atoms with Gasteiger partial charge in [0.2, 0.25) is 6.39 Å². The summed E-state index contributed by atoms with van der Waals surface area (Å²) >= 11 is 6.12. The standard InChI is InChI=1S/C12H10ClFN4O/c1-7(13)12-16-9-4-8(14)2-3-10(9)18(12)5-11-15-6-19-17-11/h2-4,6-7H,5H2,1H3. The minimum absolute atomic E-state index is 0.303. The predicted octanol–water partition coefficient (Wildman–Crippen LogP) is 2.91. The highest BCUT2D eigenvalue weighted by molar-refractivity contribution is 6.20. The molecule has 98 valence electrons. The lowest BCUT2D eigenvalue weighted by molar-refractivity contribution is 0.408. The second-order valence-corrected chi connectivity index (χ2v) is 4.81. The van der Waals surface area contributed by atoms with Gasteiger partial charge in [-0.15, -0.1) is 11.6 Å². The van der Waals surface area contributed by atoms with Crippen LogP contribution in [0.4, 0.5) is 4.39 Å². The van der Waals surface area contributed by atoms with Gasteiger partial charge in [-0.3, -0.25) is 0 Å². The second kappa shape index (κ2) is 4.62. The molecule has 0 saturated carbocycles. The van der Waals surface area contributed by atoms with Crippen molar-refractivity contribution in [3.8, 4) is 0 Å². The van der Waals surface area contributed by atoms with E-state index in [4.69, 9.17) is 16.1 Å². The van der Waals surface area contributed by atoms with Gasteiger partial charge in [0.1, 0.15) is 11.6 Å². The van der Waals surface area contributed by atoms with Crippen LogP contribution in [0.1, 0.15) is 23.9 Å². The molecule has 1 aromatic carbocycles. The summed E-state index contributed by atoms with van der Waals surface area (Å²) in [5, 5.41) is 3.46. The minimum atomic E-state index is -0.328. The molecule has 0 N–H and O–H groups in total. The SMILES string of the molecule is CC(Cl)c1nc2cc(F)ccc2n1Cc1ncon1. The van der Waals surface area contributed by atoms with E-state index in [1.54, 1.807) is 6.07 Å². The fraction of sp³-hybridized carbons (Fsp3) is 0.250. The summed E-state index contributed by atoms with van der Waals surface area (Å²) < 4.78 is 19.8. The number of nitrogens with zero attached hydrogens (tertiary/aromatic N) is 4. The van der Waals surface area contributed by atoms with E-state index in [9.17, 15) is 4.39 Å². The molecule has 0 radical (unpaired) electrons. The first-order chi connectivity index (χ1) is 9.15. The second-order valence-electron chi connectivity index (χ2n) is 4.15. The van der Waals surface area contributed by atoms with E-state index in [2.05, 4.69) is 15.1 Å². The summed E-state index contributed by atoms with van der Waals surface area (Å²) in [4.78, 5) is 8.33. The average Bonchev–Trinajstić information content (AvgIpc) is 2.97. The van der Waals surface area contributed by atoms with E-state index >= 15 is 0 Å². The highest BCUT2D eigenvalue weighted by atomic mass is 35.5. The Morgan fingerprint density at radius 1 is 1.47 bits per heavy atom. The van der Waals surface area contributed by atoms with Crippen LogP contribution in [-0.4, -0.2) is 19.7 Å². The first-order valence-electron chi connectivity index (χ1n) is 5.70. The van der Waals surface area contributed by atoms with Crippen molar-refractivity contribution in [2.45, 2.75) is 18.8 Å². The molecular formula is C12H10ClFN4O. The number of hydrogen-bond acceptors (Lipinski definition) is 4. The van der Waals surface area contributed by atoms with Crippen molar-refractivity contribution in [2.24, 2.45) is 0 Å². The van der Waals surface area contributed by atoms with Crippen LogP contribution in [0, 0.1) is 5.82 Å². The predicted molar refractivity (Wildman–Crippen MR) is 67.4 cm³/mol. The Morgan fingerprint density at radius 3 is 3.00 bits per heavy atom. The molecule has 0 amide bonds. The molecule has 1 unspecified atom stereocenters. The molecule has 5 nitrogen and oxygen atoms in total. The molecule has 0 saturated heterocycles. The molecule has 0 bridgehead atoms. The van der Waals surface area contributed by atoms with Gasteiger partial charge in [0.15, 0.2) is 5.82 Å². The number of rotatable bonds is 3. The molecule has 19 heavy (non-hydrogen) atoms. The first-order valence-corrected chi connectivity index (χ1v) is 6.14. The normalized spacial score (nSPS) is 13.0. The van der Waals surface area contributed by atoms with Gasteiger partial charge in [-0.1, -0.05) is 5.16 Å². The van der Waals surface area contributed by atoms with Crippen LogP contribution >= 0.6 is 11.6 Å². The molecule has 3 aromatic rings.